The lowest BCUT2D eigenvalue weighted by Gasteiger charge is -2.34. The lowest BCUT2D eigenvalue weighted by molar-refractivity contribution is -0.117. The first-order chi connectivity index (χ1) is 12.0. The maximum atomic E-state index is 12.8. The van der Waals surface area contributed by atoms with E-state index in [9.17, 15) is 9.59 Å². The van der Waals surface area contributed by atoms with E-state index in [1.165, 1.54) is 0 Å². The third-order valence-corrected chi connectivity index (χ3v) is 5.70. The van der Waals surface area contributed by atoms with Crippen LogP contribution in [-0.2, 0) is 10.2 Å². The van der Waals surface area contributed by atoms with E-state index in [4.69, 9.17) is 4.42 Å². The van der Waals surface area contributed by atoms with Crippen molar-refractivity contribution in [3.8, 4) is 0 Å². The normalized spacial score (nSPS) is 18.0. The topological polar surface area (TPSA) is 62.6 Å². The van der Waals surface area contributed by atoms with Gasteiger partial charge in [-0.25, -0.2) is 0 Å². The molecule has 0 atom stereocenters. The van der Waals surface area contributed by atoms with Crippen molar-refractivity contribution in [1.29, 1.82) is 0 Å². The Morgan fingerprint density at radius 3 is 2.76 bits per heavy atom. The number of furan rings is 2. The van der Waals surface area contributed by atoms with Crippen molar-refractivity contribution in [3.05, 3.63) is 52.0 Å². The largest absolute Gasteiger partial charge is 0.455 e. The lowest BCUT2D eigenvalue weighted by atomic mass is 9.86. The first-order valence-electron chi connectivity index (χ1n) is 8.25. The Hall–Kier alpha value is -2.34. The molecule has 1 fully saturated rings. The van der Waals surface area contributed by atoms with Crippen LogP contribution < -0.4 is 5.32 Å². The zero-order valence-electron chi connectivity index (χ0n) is 13.3. The van der Waals surface area contributed by atoms with Gasteiger partial charge in [-0.3, -0.25) is 9.59 Å². The first kappa shape index (κ1) is 15.0. The Balaban J connectivity index is 1.37. The fourth-order valence-corrected chi connectivity index (χ4v) is 4.15. The van der Waals surface area contributed by atoms with Gasteiger partial charge in [0.05, 0.1) is 5.69 Å². The van der Waals surface area contributed by atoms with Crippen LogP contribution in [0.4, 0.5) is 5.69 Å². The Labute approximate surface area is 152 Å². The summed E-state index contributed by atoms with van der Waals surface area (Å²) < 4.78 is 6.42. The van der Waals surface area contributed by atoms with Crippen LogP contribution in [0.5, 0.6) is 0 Å². The molecule has 2 bridgehead atoms. The highest BCUT2D eigenvalue weighted by molar-refractivity contribution is 9.10. The second kappa shape index (κ2) is 5.08. The molecule has 3 heterocycles. The summed E-state index contributed by atoms with van der Waals surface area (Å²) in [6.45, 7) is 0.659. The van der Waals surface area contributed by atoms with E-state index in [-0.39, 0.29) is 23.8 Å². The zero-order valence-corrected chi connectivity index (χ0v) is 14.9. The monoisotopic (exact) mass is 398 g/mol. The fraction of sp³-hybridized carbons (Fsp3) is 0.263. The van der Waals surface area contributed by atoms with Gasteiger partial charge in [0.2, 0.25) is 5.91 Å². The number of halogens is 1. The summed E-state index contributed by atoms with van der Waals surface area (Å²) in [4.78, 5) is 26.9. The maximum absolute atomic E-state index is 12.8. The van der Waals surface area contributed by atoms with Crippen molar-refractivity contribution in [3.63, 3.8) is 0 Å². The Bertz CT molecular complexity index is 1010. The summed E-state index contributed by atoms with van der Waals surface area (Å²) >= 11 is 3.49. The molecule has 1 saturated carbocycles. The van der Waals surface area contributed by atoms with Gasteiger partial charge in [-0.2, -0.15) is 0 Å². The third kappa shape index (κ3) is 2.35. The van der Waals surface area contributed by atoms with Crippen LogP contribution in [0.3, 0.4) is 0 Å². The lowest BCUT2D eigenvalue weighted by Crippen LogP contribution is -2.46. The quantitative estimate of drug-likeness (QED) is 0.730. The van der Waals surface area contributed by atoms with E-state index in [2.05, 4.69) is 27.3 Å². The number of hydrogen-bond donors (Lipinski definition) is 1. The number of nitrogens with zero attached hydrogens (tertiary/aromatic N) is 1. The van der Waals surface area contributed by atoms with Gasteiger partial charge in [-0.1, -0.05) is 15.9 Å². The number of carbonyl (C=O) groups is 2. The summed E-state index contributed by atoms with van der Waals surface area (Å²) in [5.41, 5.74) is 3.91. The molecule has 1 aromatic carbocycles. The van der Waals surface area contributed by atoms with Crippen LogP contribution in [0.1, 0.15) is 28.8 Å². The van der Waals surface area contributed by atoms with E-state index in [0.29, 0.717) is 17.8 Å². The van der Waals surface area contributed by atoms with E-state index in [1.807, 2.05) is 24.3 Å². The molecule has 0 saturated heterocycles. The smallest absolute Gasteiger partial charge is 0.254 e. The standard InChI is InChI=1S/C19H15BrN2O3/c20-11-1-3-13-14(7-11)19(5-6-19)10-22(18(13)24)9-17(23)21-15-8-12-2-4-16(15)25-12/h1-4,7-8H,5-6,9-10H2,(H,21,23). The van der Waals surface area contributed by atoms with Crippen molar-refractivity contribution in [2.75, 3.05) is 18.4 Å². The van der Waals surface area contributed by atoms with Crippen molar-refractivity contribution < 1.29 is 14.0 Å². The SMILES string of the molecule is O=C(CN1CC2(CC2)c2cc(Br)ccc2C1=O)Nc1cc2ccc1o2. The maximum Gasteiger partial charge on any atom is 0.254 e. The zero-order chi connectivity index (χ0) is 17.2. The number of nitrogens with one attached hydrogen (secondary N) is 1. The van der Waals surface area contributed by atoms with Crippen LogP contribution in [-0.4, -0.2) is 29.8 Å². The number of carbonyl (C=O) groups excluding carboxylic acids is 2. The van der Waals surface area contributed by atoms with Crippen LogP contribution in [0.2, 0.25) is 0 Å². The molecule has 0 unspecified atom stereocenters. The Morgan fingerprint density at radius 1 is 1.24 bits per heavy atom. The average Bonchev–Trinajstić information content (AvgIpc) is 3.04. The van der Waals surface area contributed by atoms with Gasteiger partial charge in [0.15, 0.2) is 5.58 Å². The van der Waals surface area contributed by atoms with Crippen LogP contribution in [0.25, 0.3) is 11.2 Å². The van der Waals surface area contributed by atoms with E-state index >= 15 is 0 Å². The molecule has 1 spiro atoms. The number of anilines is 1. The number of hydrogen-bond acceptors (Lipinski definition) is 3. The summed E-state index contributed by atoms with van der Waals surface area (Å²) in [6, 6.07) is 11.3. The van der Waals surface area contributed by atoms with Gasteiger partial charge >= 0.3 is 0 Å². The van der Waals surface area contributed by atoms with Gasteiger partial charge in [0, 0.05) is 28.1 Å². The fourth-order valence-electron chi connectivity index (χ4n) is 3.79. The number of rotatable bonds is 3. The van der Waals surface area contributed by atoms with E-state index < -0.39 is 0 Å². The first-order valence-corrected chi connectivity index (χ1v) is 9.04. The molecular weight excluding hydrogens is 384 g/mol. The predicted octanol–water partition coefficient (Wildman–Crippen LogP) is 3.76. The summed E-state index contributed by atoms with van der Waals surface area (Å²) in [5, 5.41) is 2.85. The second-order valence-corrected chi connectivity index (χ2v) is 7.86. The number of amides is 2. The molecule has 5 rings (SSSR count). The van der Waals surface area contributed by atoms with Gasteiger partial charge < -0.3 is 14.6 Å². The summed E-state index contributed by atoms with van der Waals surface area (Å²) in [7, 11) is 0. The van der Waals surface area contributed by atoms with Crippen LogP contribution >= 0.6 is 15.9 Å². The molecule has 1 N–H and O–H groups in total. The molecule has 126 valence electrons. The van der Waals surface area contributed by atoms with Gasteiger partial charge in [0.1, 0.15) is 12.1 Å². The van der Waals surface area contributed by atoms with Gasteiger partial charge in [-0.15, -0.1) is 0 Å². The molecular formula is C19H15BrN2O3. The van der Waals surface area contributed by atoms with Crippen LogP contribution in [0, 0.1) is 0 Å². The highest BCUT2D eigenvalue weighted by Crippen LogP contribution is 2.52. The molecule has 1 aliphatic carbocycles. The third-order valence-electron chi connectivity index (χ3n) is 5.21. The molecule has 2 aliphatic rings. The molecule has 3 aromatic rings. The van der Waals surface area contributed by atoms with Crippen molar-refractivity contribution >= 4 is 44.6 Å². The highest BCUT2D eigenvalue weighted by atomic mass is 79.9. The number of fused-ring (bicyclic) bond motifs is 4. The molecule has 0 radical (unpaired) electrons. The number of benzene rings is 2. The molecule has 5 nitrogen and oxygen atoms in total. The molecule has 2 aromatic heterocycles. The van der Waals surface area contributed by atoms with Crippen molar-refractivity contribution in [2.45, 2.75) is 18.3 Å². The second-order valence-electron chi connectivity index (χ2n) is 6.94. The predicted molar refractivity (Wildman–Crippen MR) is 97.0 cm³/mol. The minimum Gasteiger partial charge on any atom is -0.455 e. The average molecular weight is 399 g/mol. The molecule has 2 amide bonds. The van der Waals surface area contributed by atoms with Gasteiger partial charge in [-0.05, 0) is 48.7 Å². The van der Waals surface area contributed by atoms with Crippen LogP contribution in [0.15, 0.2) is 45.3 Å². The van der Waals surface area contributed by atoms with Crippen molar-refractivity contribution in [2.24, 2.45) is 0 Å². The molecule has 1 aliphatic heterocycles. The van der Waals surface area contributed by atoms with E-state index in [1.54, 1.807) is 11.0 Å². The van der Waals surface area contributed by atoms with E-state index in [0.717, 1.165) is 34.0 Å². The van der Waals surface area contributed by atoms with Crippen molar-refractivity contribution in [1.82, 2.24) is 4.90 Å². The Morgan fingerprint density at radius 2 is 2.08 bits per heavy atom. The summed E-state index contributed by atoms with van der Waals surface area (Å²) in [5.74, 6) is -0.274. The summed E-state index contributed by atoms with van der Waals surface area (Å²) in [6.07, 6.45) is 2.11. The minimum absolute atomic E-state index is 0.0233. The highest BCUT2D eigenvalue weighted by Gasteiger charge is 2.51. The minimum atomic E-state index is -0.200. The Kier molecular flexibility index (Phi) is 3.04. The van der Waals surface area contributed by atoms with Gasteiger partial charge in [0.25, 0.3) is 5.91 Å². The molecule has 25 heavy (non-hydrogen) atoms. The molecule has 6 heteroatoms.